The van der Waals surface area contributed by atoms with E-state index in [1.165, 1.54) is 18.2 Å². The van der Waals surface area contributed by atoms with Crippen molar-refractivity contribution in [3.05, 3.63) is 60.2 Å². The van der Waals surface area contributed by atoms with Gasteiger partial charge in [0.2, 0.25) is 0 Å². The number of anilines is 1. The molecule has 1 atom stereocenters. The van der Waals surface area contributed by atoms with Crippen molar-refractivity contribution in [2.75, 3.05) is 11.9 Å². The van der Waals surface area contributed by atoms with E-state index in [-0.39, 0.29) is 11.7 Å². The van der Waals surface area contributed by atoms with Crippen LogP contribution in [-0.2, 0) is 0 Å². The Morgan fingerprint density at radius 1 is 1.13 bits per heavy atom. The first-order valence-electron chi connectivity index (χ1n) is 7.19. The lowest BCUT2D eigenvalue weighted by atomic mass is 10.0. The Labute approximate surface area is 133 Å². The molecule has 4 nitrogen and oxygen atoms in total. The SMILES string of the molecule is C[C@@H](CNC(=O)Nc1cccc(OC(F)F)c1)c1ccccc1. The Morgan fingerprint density at radius 3 is 2.57 bits per heavy atom. The molecular formula is C17H18F2N2O2. The first-order chi connectivity index (χ1) is 11.0. The van der Waals surface area contributed by atoms with E-state index in [9.17, 15) is 13.6 Å². The lowest BCUT2D eigenvalue weighted by Gasteiger charge is -2.14. The Hall–Kier alpha value is -2.63. The second-order valence-electron chi connectivity index (χ2n) is 5.05. The van der Waals surface area contributed by atoms with E-state index in [0.29, 0.717) is 12.2 Å². The van der Waals surface area contributed by atoms with Crippen molar-refractivity contribution >= 4 is 11.7 Å². The third-order valence-electron chi connectivity index (χ3n) is 3.25. The van der Waals surface area contributed by atoms with Crippen LogP contribution < -0.4 is 15.4 Å². The van der Waals surface area contributed by atoms with Crippen LogP contribution in [0.2, 0.25) is 0 Å². The smallest absolute Gasteiger partial charge is 0.387 e. The molecule has 2 aromatic rings. The summed E-state index contributed by atoms with van der Waals surface area (Å²) in [7, 11) is 0. The van der Waals surface area contributed by atoms with Gasteiger partial charge in [-0.15, -0.1) is 0 Å². The molecule has 0 fully saturated rings. The molecule has 0 bridgehead atoms. The number of hydrogen-bond acceptors (Lipinski definition) is 2. The largest absolute Gasteiger partial charge is 0.435 e. The predicted octanol–water partition coefficient (Wildman–Crippen LogP) is 4.21. The third-order valence-corrected chi connectivity index (χ3v) is 3.25. The molecule has 0 aliphatic heterocycles. The number of alkyl halides is 2. The van der Waals surface area contributed by atoms with Crippen LogP contribution in [0.1, 0.15) is 18.4 Å². The minimum Gasteiger partial charge on any atom is -0.435 e. The van der Waals surface area contributed by atoms with Crippen molar-refractivity contribution in [3.8, 4) is 5.75 Å². The Bertz CT molecular complexity index is 636. The molecule has 0 heterocycles. The number of carbonyl (C=O) groups excluding carboxylic acids is 1. The summed E-state index contributed by atoms with van der Waals surface area (Å²) in [6, 6.07) is 15.3. The van der Waals surface area contributed by atoms with Gasteiger partial charge < -0.3 is 15.4 Å². The fourth-order valence-electron chi connectivity index (χ4n) is 2.07. The van der Waals surface area contributed by atoms with E-state index in [0.717, 1.165) is 5.56 Å². The van der Waals surface area contributed by atoms with Gasteiger partial charge in [0, 0.05) is 18.3 Å². The zero-order chi connectivity index (χ0) is 16.7. The molecule has 23 heavy (non-hydrogen) atoms. The highest BCUT2D eigenvalue weighted by Gasteiger charge is 2.09. The highest BCUT2D eigenvalue weighted by molar-refractivity contribution is 5.89. The van der Waals surface area contributed by atoms with Crippen LogP contribution in [-0.4, -0.2) is 19.2 Å². The molecule has 0 spiro atoms. The molecule has 2 aromatic carbocycles. The quantitative estimate of drug-likeness (QED) is 0.837. The van der Waals surface area contributed by atoms with Crippen molar-refractivity contribution in [1.82, 2.24) is 5.32 Å². The highest BCUT2D eigenvalue weighted by Crippen LogP contribution is 2.19. The second-order valence-corrected chi connectivity index (χ2v) is 5.05. The van der Waals surface area contributed by atoms with Crippen molar-refractivity contribution in [1.29, 1.82) is 0 Å². The molecular weight excluding hydrogens is 302 g/mol. The summed E-state index contributed by atoms with van der Waals surface area (Å²) in [4.78, 5) is 11.9. The van der Waals surface area contributed by atoms with Crippen molar-refractivity contribution in [2.24, 2.45) is 0 Å². The number of urea groups is 1. The summed E-state index contributed by atoms with van der Waals surface area (Å²) in [5.41, 5.74) is 1.51. The molecule has 0 aliphatic carbocycles. The summed E-state index contributed by atoms with van der Waals surface area (Å²) >= 11 is 0. The number of rotatable bonds is 6. The van der Waals surface area contributed by atoms with Crippen LogP contribution >= 0.6 is 0 Å². The monoisotopic (exact) mass is 320 g/mol. The van der Waals surface area contributed by atoms with E-state index >= 15 is 0 Å². The standard InChI is InChI=1S/C17H18F2N2O2/c1-12(13-6-3-2-4-7-13)11-20-17(22)21-14-8-5-9-15(10-14)23-16(18)19/h2-10,12,16H,11H2,1H3,(H2,20,21,22)/t12-/m0/s1. The zero-order valence-electron chi connectivity index (χ0n) is 12.6. The maximum Gasteiger partial charge on any atom is 0.387 e. The minimum atomic E-state index is -2.90. The summed E-state index contributed by atoms with van der Waals surface area (Å²) in [6.45, 7) is -0.429. The molecule has 2 rings (SSSR count). The topological polar surface area (TPSA) is 50.4 Å². The lowest BCUT2D eigenvalue weighted by molar-refractivity contribution is -0.0497. The van der Waals surface area contributed by atoms with Crippen LogP contribution in [0.3, 0.4) is 0 Å². The van der Waals surface area contributed by atoms with Gasteiger partial charge in [0.1, 0.15) is 5.75 Å². The first-order valence-corrected chi connectivity index (χ1v) is 7.19. The van der Waals surface area contributed by atoms with Crippen molar-refractivity contribution in [3.63, 3.8) is 0 Å². The molecule has 0 saturated carbocycles. The molecule has 122 valence electrons. The van der Waals surface area contributed by atoms with Gasteiger partial charge in [-0.3, -0.25) is 0 Å². The van der Waals surface area contributed by atoms with E-state index in [1.807, 2.05) is 37.3 Å². The van der Waals surface area contributed by atoms with E-state index in [4.69, 9.17) is 0 Å². The minimum absolute atomic E-state index is 0.00421. The van der Waals surface area contributed by atoms with Gasteiger partial charge in [0.15, 0.2) is 0 Å². The number of amides is 2. The summed E-state index contributed by atoms with van der Waals surface area (Å²) in [5, 5.41) is 5.34. The first kappa shape index (κ1) is 16.7. The van der Waals surface area contributed by atoms with Crippen LogP contribution in [0, 0.1) is 0 Å². The molecule has 2 amide bonds. The summed E-state index contributed by atoms with van der Waals surface area (Å²) in [5.74, 6) is 0.158. The van der Waals surface area contributed by atoms with Crippen LogP contribution in [0.25, 0.3) is 0 Å². The summed E-state index contributed by atoms with van der Waals surface area (Å²) in [6.07, 6.45) is 0. The summed E-state index contributed by atoms with van der Waals surface area (Å²) < 4.78 is 28.6. The highest BCUT2D eigenvalue weighted by atomic mass is 19.3. The van der Waals surface area contributed by atoms with Crippen LogP contribution in [0.4, 0.5) is 19.3 Å². The average Bonchev–Trinajstić information content (AvgIpc) is 2.53. The van der Waals surface area contributed by atoms with Gasteiger partial charge >= 0.3 is 12.6 Å². The Kier molecular flexibility index (Phi) is 5.91. The van der Waals surface area contributed by atoms with Crippen molar-refractivity contribution < 1.29 is 18.3 Å². The number of ether oxygens (including phenoxy) is 1. The number of hydrogen-bond donors (Lipinski definition) is 2. The molecule has 0 radical (unpaired) electrons. The maximum atomic E-state index is 12.2. The Balaban J connectivity index is 1.85. The molecule has 0 aliphatic rings. The fraction of sp³-hybridized carbons (Fsp3) is 0.235. The fourth-order valence-corrected chi connectivity index (χ4v) is 2.07. The molecule has 2 N–H and O–H groups in total. The van der Waals surface area contributed by atoms with Gasteiger partial charge in [-0.2, -0.15) is 8.78 Å². The van der Waals surface area contributed by atoms with Gasteiger partial charge in [-0.25, -0.2) is 4.79 Å². The van der Waals surface area contributed by atoms with Crippen molar-refractivity contribution in [2.45, 2.75) is 19.5 Å². The molecule has 0 saturated heterocycles. The third kappa shape index (κ3) is 5.58. The van der Waals surface area contributed by atoms with E-state index in [1.54, 1.807) is 6.07 Å². The van der Waals surface area contributed by atoms with Gasteiger partial charge in [0.05, 0.1) is 0 Å². The van der Waals surface area contributed by atoms with Crippen LogP contribution in [0.5, 0.6) is 5.75 Å². The number of halogens is 2. The van der Waals surface area contributed by atoms with Gasteiger partial charge in [0.25, 0.3) is 0 Å². The van der Waals surface area contributed by atoms with E-state index in [2.05, 4.69) is 15.4 Å². The average molecular weight is 320 g/mol. The molecule has 6 heteroatoms. The lowest BCUT2D eigenvalue weighted by Crippen LogP contribution is -2.31. The number of carbonyl (C=O) groups is 1. The molecule has 0 aromatic heterocycles. The predicted molar refractivity (Wildman–Crippen MR) is 85.0 cm³/mol. The van der Waals surface area contributed by atoms with E-state index < -0.39 is 12.6 Å². The number of benzene rings is 2. The second kappa shape index (κ2) is 8.12. The van der Waals surface area contributed by atoms with Crippen LogP contribution in [0.15, 0.2) is 54.6 Å². The van der Waals surface area contributed by atoms with Gasteiger partial charge in [-0.1, -0.05) is 43.3 Å². The molecule has 0 unspecified atom stereocenters. The zero-order valence-corrected chi connectivity index (χ0v) is 12.6. The normalized spacial score (nSPS) is 11.8. The maximum absolute atomic E-state index is 12.2. The Morgan fingerprint density at radius 2 is 1.87 bits per heavy atom. The van der Waals surface area contributed by atoms with Gasteiger partial charge in [-0.05, 0) is 23.6 Å². The number of nitrogens with one attached hydrogen (secondary N) is 2.